The van der Waals surface area contributed by atoms with E-state index < -0.39 is 35.8 Å². The van der Waals surface area contributed by atoms with Crippen molar-refractivity contribution in [2.45, 2.75) is 63.0 Å². The second-order valence-electron chi connectivity index (χ2n) is 11.2. The summed E-state index contributed by atoms with van der Waals surface area (Å²) < 4.78 is 49.4. The van der Waals surface area contributed by atoms with E-state index in [1.165, 1.54) is 31.4 Å². The van der Waals surface area contributed by atoms with Crippen molar-refractivity contribution in [3.63, 3.8) is 0 Å². The monoisotopic (exact) mass is 594 g/mol. The summed E-state index contributed by atoms with van der Waals surface area (Å²) in [4.78, 5) is 16.8. The quantitative estimate of drug-likeness (QED) is 0.433. The SMILES string of the molecule is CC(C)(O)CCN1N=CC(C2ON=C(c3cccc(OCCN4CCCC4)c3Cl)C2c2ncccn2)C1C(F)(F)F. The third-order valence-corrected chi connectivity index (χ3v) is 7.99. The van der Waals surface area contributed by atoms with Crippen molar-refractivity contribution in [2.75, 3.05) is 32.8 Å². The molecule has 1 fully saturated rings. The van der Waals surface area contributed by atoms with Crippen molar-refractivity contribution in [1.29, 1.82) is 0 Å². The normalized spacial score (nSPS) is 25.0. The molecule has 13 heteroatoms. The van der Waals surface area contributed by atoms with Crippen molar-refractivity contribution >= 4 is 23.5 Å². The van der Waals surface area contributed by atoms with E-state index >= 15 is 0 Å². The molecule has 1 N–H and O–H groups in total. The number of ether oxygens (including phenoxy) is 1. The van der Waals surface area contributed by atoms with Crippen molar-refractivity contribution in [2.24, 2.45) is 16.2 Å². The van der Waals surface area contributed by atoms with Crippen LogP contribution in [0.2, 0.25) is 5.02 Å². The molecular weight excluding hydrogens is 561 g/mol. The maximum atomic E-state index is 14.5. The van der Waals surface area contributed by atoms with E-state index in [4.69, 9.17) is 21.2 Å². The molecule has 0 amide bonds. The number of oxime groups is 1. The number of halogens is 4. The van der Waals surface area contributed by atoms with Crippen LogP contribution < -0.4 is 4.74 Å². The average Bonchev–Trinajstić information content (AvgIpc) is 3.68. The minimum atomic E-state index is -4.63. The zero-order chi connectivity index (χ0) is 29.2. The number of alkyl halides is 3. The molecule has 3 aliphatic heterocycles. The highest BCUT2D eigenvalue weighted by Crippen LogP contribution is 2.44. The smallest absolute Gasteiger partial charge is 0.411 e. The summed E-state index contributed by atoms with van der Waals surface area (Å²) >= 11 is 6.80. The van der Waals surface area contributed by atoms with Crippen molar-refractivity contribution in [3.05, 3.63) is 53.1 Å². The predicted octanol–water partition coefficient (Wildman–Crippen LogP) is 4.50. The van der Waals surface area contributed by atoms with Gasteiger partial charge in [-0.25, -0.2) is 9.97 Å². The molecule has 1 saturated heterocycles. The van der Waals surface area contributed by atoms with Crippen molar-refractivity contribution in [1.82, 2.24) is 19.9 Å². The van der Waals surface area contributed by atoms with Gasteiger partial charge in [0, 0.05) is 37.3 Å². The van der Waals surface area contributed by atoms with Crippen LogP contribution in [0.3, 0.4) is 0 Å². The van der Waals surface area contributed by atoms with Crippen LogP contribution >= 0.6 is 11.6 Å². The summed E-state index contributed by atoms with van der Waals surface area (Å²) in [5.41, 5.74) is -0.356. The summed E-state index contributed by atoms with van der Waals surface area (Å²) in [6, 6.07) is 4.89. The molecule has 0 bridgehead atoms. The molecule has 3 aliphatic rings. The lowest BCUT2D eigenvalue weighted by atomic mass is 9.82. The Morgan fingerprint density at radius 2 is 1.83 bits per heavy atom. The van der Waals surface area contributed by atoms with Gasteiger partial charge in [-0.2, -0.15) is 18.3 Å². The van der Waals surface area contributed by atoms with E-state index in [0.717, 1.165) is 24.6 Å². The predicted molar refractivity (Wildman–Crippen MR) is 148 cm³/mol. The van der Waals surface area contributed by atoms with Gasteiger partial charge in [0.15, 0.2) is 12.1 Å². The van der Waals surface area contributed by atoms with Gasteiger partial charge in [0.05, 0.1) is 16.5 Å². The number of aliphatic hydroxyl groups is 1. The fourth-order valence-electron chi connectivity index (χ4n) is 5.50. The molecule has 2 aromatic rings. The molecule has 0 radical (unpaired) electrons. The van der Waals surface area contributed by atoms with Gasteiger partial charge in [0.25, 0.3) is 0 Å². The first kappa shape index (κ1) is 29.5. The summed E-state index contributed by atoms with van der Waals surface area (Å²) in [6.07, 6.45) is 1.02. The highest BCUT2D eigenvalue weighted by Gasteiger charge is 2.57. The third kappa shape index (κ3) is 6.76. The summed E-state index contributed by atoms with van der Waals surface area (Å²) in [7, 11) is 0. The van der Waals surface area contributed by atoms with E-state index in [-0.39, 0.29) is 23.8 Å². The zero-order valence-corrected chi connectivity index (χ0v) is 23.7. The molecule has 4 atom stereocenters. The van der Waals surface area contributed by atoms with Gasteiger partial charge in [0.1, 0.15) is 29.8 Å². The van der Waals surface area contributed by atoms with Gasteiger partial charge in [-0.1, -0.05) is 28.9 Å². The Morgan fingerprint density at radius 3 is 2.51 bits per heavy atom. The Hall–Kier alpha value is -2.96. The molecule has 0 spiro atoms. The Morgan fingerprint density at radius 1 is 1.10 bits per heavy atom. The first-order valence-electron chi connectivity index (χ1n) is 13.8. The van der Waals surface area contributed by atoms with Crippen LogP contribution in [0.1, 0.15) is 50.4 Å². The van der Waals surface area contributed by atoms with E-state index in [0.29, 0.717) is 23.6 Å². The van der Waals surface area contributed by atoms with E-state index in [2.05, 4.69) is 25.1 Å². The second kappa shape index (κ2) is 12.1. The standard InChI is InChI=1S/C28H34ClF3N6O3/c1-27(2,39)9-14-38-25(28(30,31)32)19(17-35-38)24-21(26-33-10-6-11-34-26)23(36-41-24)18-7-5-8-20(22(18)29)40-16-15-37-12-3-4-13-37/h5-8,10-11,17,19,21,24-25,39H,3-4,9,12-16H2,1-2H3. The summed E-state index contributed by atoms with van der Waals surface area (Å²) in [5.74, 6) is -1.36. The number of hydrazone groups is 1. The number of rotatable bonds is 10. The zero-order valence-electron chi connectivity index (χ0n) is 23.0. The molecular formula is C28H34ClF3N6O3. The Balaban J connectivity index is 1.42. The molecule has 41 heavy (non-hydrogen) atoms. The Labute approximate surface area is 242 Å². The average molecular weight is 595 g/mol. The lowest BCUT2D eigenvalue weighted by Crippen LogP contribution is -2.50. The summed E-state index contributed by atoms with van der Waals surface area (Å²) in [6.45, 7) is 6.32. The van der Waals surface area contributed by atoms with Crippen LogP contribution in [-0.2, 0) is 4.84 Å². The second-order valence-corrected chi connectivity index (χ2v) is 11.6. The van der Waals surface area contributed by atoms with Crippen molar-refractivity contribution in [3.8, 4) is 5.75 Å². The molecule has 0 aliphatic carbocycles. The molecule has 9 nitrogen and oxygen atoms in total. The lowest BCUT2D eigenvalue weighted by Gasteiger charge is -2.33. The molecule has 5 rings (SSSR count). The lowest BCUT2D eigenvalue weighted by molar-refractivity contribution is -0.196. The molecule has 1 aromatic carbocycles. The van der Waals surface area contributed by atoms with Gasteiger partial charge >= 0.3 is 6.18 Å². The van der Waals surface area contributed by atoms with E-state index in [9.17, 15) is 18.3 Å². The minimum Gasteiger partial charge on any atom is -0.491 e. The Kier molecular flexibility index (Phi) is 8.72. The molecule has 4 heterocycles. The largest absolute Gasteiger partial charge is 0.491 e. The van der Waals surface area contributed by atoms with Crippen molar-refractivity contribution < 1.29 is 27.9 Å². The van der Waals surface area contributed by atoms with Gasteiger partial charge in [-0.05, 0) is 58.3 Å². The number of hydrogen-bond acceptors (Lipinski definition) is 9. The maximum absolute atomic E-state index is 14.5. The van der Waals surface area contributed by atoms with Gasteiger partial charge in [-0.3, -0.25) is 9.91 Å². The number of hydrogen-bond donors (Lipinski definition) is 1. The van der Waals surface area contributed by atoms with E-state index in [1.54, 1.807) is 38.1 Å². The van der Waals surface area contributed by atoms with Crippen LogP contribution in [0.5, 0.6) is 5.75 Å². The highest BCUT2D eigenvalue weighted by atomic mass is 35.5. The van der Waals surface area contributed by atoms with Crippen LogP contribution in [0.15, 0.2) is 46.9 Å². The number of aromatic nitrogens is 2. The van der Waals surface area contributed by atoms with Crippen LogP contribution in [0.25, 0.3) is 0 Å². The minimum absolute atomic E-state index is 0.0870. The van der Waals surface area contributed by atoms with E-state index in [1.807, 2.05) is 0 Å². The van der Waals surface area contributed by atoms with Crippen LogP contribution in [0, 0.1) is 5.92 Å². The first-order chi connectivity index (χ1) is 19.5. The third-order valence-electron chi connectivity index (χ3n) is 7.60. The number of benzene rings is 1. The molecule has 222 valence electrons. The molecule has 0 saturated carbocycles. The fraction of sp³-hybridized carbons (Fsp3) is 0.571. The molecule has 4 unspecified atom stereocenters. The topological polar surface area (TPSA) is 95.7 Å². The van der Waals surface area contributed by atoms with Crippen LogP contribution in [-0.4, -0.2) is 93.6 Å². The van der Waals surface area contributed by atoms with Gasteiger partial charge in [0.2, 0.25) is 0 Å². The number of nitrogens with zero attached hydrogens (tertiary/aromatic N) is 6. The Bertz CT molecular complexity index is 1250. The maximum Gasteiger partial charge on any atom is 0.411 e. The molecule has 1 aromatic heterocycles. The highest BCUT2D eigenvalue weighted by molar-refractivity contribution is 6.36. The fourth-order valence-corrected chi connectivity index (χ4v) is 5.78. The first-order valence-corrected chi connectivity index (χ1v) is 14.2. The van der Waals surface area contributed by atoms with Gasteiger partial charge < -0.3 is 14.7 Å². The van der Waals surface area contributed by atoms with Crippen LogP contribution in [0.4, 0.5) is 13.2 Å². The number of likely N-dealkylation sites (tertiary alicyclic amines) is 1. The van der Waals surface area contributed by atoms with Gasteiger partial charge in [-0.15, -0.1) is 0 Å². The summed E-state index contributed by atoms with van der Waals surface area (Å²) in [5, 5.41) is 19.7.